The number of likely N-dealkylation sites (N-methyl/N-ethyl adjacent to an activating group) is 2. The van der Waals surface area contributed by atoms with E-state index in [9.17, 15) is 0 Å². The Balaban J connectivity index is 1.47. The number of benzene rings is 1. The van der Waals surface area contributed by atoms with E-state index in [0.29, 0.717) is 24.7 Å². The summed E-state index contributed by atoms with van der Waals surface area (Å²) >= 11 is 5.91. The zero-order valence-corrected chi connectivity index (χ0v) is 18.8. The fraction of sp³-hybridized carbons (Fsp3) is 0.455. The van der Waals surface area contributed by atoms with Crippen molar-refractivity contribution in [1.29, 1.82) is 0 Å². The van der Waals surface area contributed by atoms with E-state index < -0.39 is 0 Å². The summed E-state index contributed by atoms with van der Waals surface area (Å²) in [5.74, 6) is 2.68. The van der Waals surface area contributed by atoms with Crippen molar-refractivity contribution in [3.8, 4) is 5.75 Å². The van der Waals surface area contributed by atoms with Crippen molar-refractivity contribution in [3.05, 3.63) is 53.2 Å². The second-order valence-corrected chi connectivity index (χ2v) is 7.87. The van der Waals surface area contributed by atoms with Crippen molar-refractivity contribution >= 4 is 23.4 Å². The summed E-state index contributed by atoms with van der Waals surface area (Å²) in [5.41, 5.74) is 1.19. The Hall–Kier alpha value is -2.51. The molecule has 0 saturated carbocycles. The van der Waals surface area contributed by atoms with E-state index in [-0.39, 0.29) is 0 Å². The van der Waals surface area contributed by atoms with Crippen LogP contribution in [-0.4, -0.2) is 81.2 Å². The number of nitrogens with zero attached hydrogens (tertiary/aromatic N) is 5. The van der Waals surface area contributed by atoms with Gasteiger partial charge in [0.05, 0.1) is 6.54 Å². The van der Waals surface area contributed by atoms with Crippen molar-refractivity contribution in [3.63, 3.8) is 0 Å². The summed E-state index contributed by atoms with van der Waals surface area (Å²) < 4.78 is 5.78. The summed E-state index contributed by atoms with van der Waals surface area (Å²) in [4.78, 5) is 15.7. The molecule has 1 saturated heterocycles. The van der Waals surface area contributed by atoms with Crippen LogP contribution in [0.3, 0.4) is 0 Å². The molecule has 1 aliphatic rings. The predicted octanol–water partition coefficient (Wildman–Crippen LogP) is 2.57. The Kier molecular flexibility index (Phi) is 8.16. The van der Waals surface area contributed by atoms with Gasteiger partial charge in [-0.25, -0.2) is 4.98 Å². The molecular weight excluding hydrogens is 400 g/mol. The highest BCUT2D eigenvalue weighted by atomic mass is 35.5. The summed E-state index contributed by atoms with van der Waals surface area (Å²) in [7, 11) is 5.96. The van der Waals surface area contributed by atoms with E-state index in [1.54, 1.807) is 7.05 Å². The van der Waals surface area contributed by atoms with Gasteiger partial charge in [0.2, 0.25) is 0 Å². The van der Waals surface area contributed by atoms with Crippen LogP contribution in [0.4, 0.5) is 5.82 Å². The molecule has 7 nitrogen and oxygen atoms in total. The Bertz CT molecular complexity index is 821. The van der Waals surface area contributed by atoms with Crippen LogP contribution in [0.1, 0.15) is 5.56 Å². The molecule has 0 aliphatic carbocycles. The van der Waals surface area contributed by atoms with Crippen LogP contribution in [-0.2, 0) is 6.54 Å². The molecule has 0 spiro atoms. The molecule has 30 heavy (non-hydrogen) atoms. The molecule has 162 valence electrons. The van der Waals surface area contributed by atoms with E-state index in [4.69, 9.17) is 16.3 Å². The van der Waals surface area contributed by atoms with Crippen LogP contribution in [0.15, 0.2) is 47.6 Å². The molecule has 1 aliphatic heterocycles. The first-order valence-corrected chi connectivity index (χ1v) is 10.6. The largest absolute Gasteiger partial charge is 0.492 e. The van der Waals surface area contributed by atoms with Gasteiger partial charge in [-0.15, -0.1) is 0 Å². The number of rotatable bonds is 7. The molecule has 2 heterocycles. The first-order valence-electron chi connectivity index (χ1n) is 10.2. The highest BCUT2D eigenvalue weighted by Gasteiger charge is 2.15. The van der Waals surface area contributed by atoms with E-state index in [0.717, 1.165) is 43.7 Å². The minimum absolute atomic E-state index is 0.557. The lowest BCUT2D eigenvalue weighted by Crippen LogP contribution is -2.44. The van der Waals surface area contributed by atoms with Crippen molar-refractivity contribution in [1.82, 2.24) is 20.1 Å². The maximum absolute atomic E-state index is 5.91. The average molecular weight is 431 g/mol. The lowest BCUT2D eigenvalue weighted by Gasteiger charge is -2.33. The van der Waals surface area contributed by atoms with Gasteiger partial charge in [0.15, 0.2) is 5.96 Å². The third-order valence-corrected chi connectivity index (χ3v) is 5.42. The van der Waals surface area contributed by atoms with Gasteiger partial charge in [-0.1, -0.05) is 11.6 Å². The molecular formula is C22H31ClN6O. The molecule has 2 aromatic rings. The number of pyridine rings is 1. The third kappa shape index (κ3) is 6.50. The minimum atomic E-state index is 0.557. The van der Waals surface area contributed by atoms with E-state index >= 15 is 0 Å². The van der Waals surface area contributed by atoms with E-state index in [1.807, 2.05) is 43.6 Å². The first kappa shape index (κ1) is 22.2. The normalized spacial score (nSPS) is 15.2. The second kappa shape index (κ2) is 11.0. The van der Waals surface area contributed by atoms with Crippen LogP contribution in [0.2, 0.25) is 5.02 Å². The van der Waals surface area contributed by atoms with Gasteiger partial charge in [0.1, 0.15) is 18.2 Å². The SMILES string of the molecule is CN=C(NCc1ccnc(N2CCN(C)CC2)c1)N(C)CCOc1ccc(Cl)cc1. The molecule has 3 rings (SSSR count). The first-order chi connectivity index (χ1) is 14.5. The van der Waals surface area contributed by atoms with Crippen LogP contribution < -0.4 is 15.0 Å². The van der Waals surface area contributed by atoms with Gasteiger partial charge in [0.25, 0.3) is 0 Å². The number of aromatic nitrogens is 1. The van der Waals surface area contributed by atoms with Crippen molar-refractivity contribution in [2.75, 3.05) is 65.4 Å². The Labute approximate surface area is 184 Å². The maximum Gasteiger partial charge on any atom is 0.193 e. The molecule has 1 aromatic carbocycles. The number of halogens is 1. The summed E-state index contributed by atoms with van der Waals surface area (Å²) in [6.07, 6.45) is 1.89. The van der Waals surface area contributed by atoms with Gasteiger partial charge < -0.3 is 24.8 Å². The number of anilines is 1. The number of nitrogens with one attached hydrogen (secondary N) is 1. The highest BCUT2D eigenvalue weighted by Crippen LogP contribution is 2.16. The maximum atomic E-state index is 5.91. The van der Waals surface area contributed by atoms with Crippen molar-refractivity contribution in [2.24, 2.45) is 4.99 Å². The quantitative estimate of drug-likeness (QED) is 0.538. The number of piperazine rings is 1. The number of hydrogen-bond donors (Lipinski definition) is 1. The molecule has 1 aromatic heterocycles. The molecule has 0 bridgehead atoms. The summed E-state index contributed by atoms with van der Waals surface area (Å²) in [5, 5.41) is 4.13. The number of hydrogen-bond acceptors (Lipinski definition) is 5. The molecule has 0 radical (unpaired) electrons. The van der Waals surface area contributed by atoms with Crippen LogP contribution in [0.25, 0.3) is 0 Å². The zero-order chi connectivity index (χ0) is 21.3. The van der Waals surface area contributed by atoms with E-state index in [1.165, 1.54) is 5.56 Å². The number of aliphatic imine (C=N–C) groups is 1. The lowest BCUT2D eigenvalue weighted by atomic mass is 10.2. The monoisotopic (exact) mass is 430 g/mol. The number of guanidine groups is 1. The molecule has 8 heteroatoms. The molecule has 0 amide bonds. The van der Waals surface area contributed by atoms with Crippen LogP contribution in [0.5, 0.6) is 5.75 Å². The number of ether oxygens (including phenoxy) is 1. The third-order valence-electron chi connectivity index (χ3n) is 5.17. The van der Waals surface area contributed by atoms with Gasteiger partial charge in [0, 0.05) is 58.0 Å². The lowest BCUT2D eigenvalue weighted by molar-refractivity contribution is 0.281. The second-order valence-electron chi connectivity index (χ2n) is 7.44. The smallest absolute Gasteiger partial charge is 0.193 e. The summed E-state index contributed by atoms with van der Waals surface area (Å²) in [6, 6.07) is 11.6. The van der Waals surface area contributed by atoms with Crippen LogP contribution >= 0.6 is 11.6 Å². The Morgan fingerprint density at radius 1 is 1.20 bits per heavy atom. The topological polar surface area (TPSA) is 56.2 Å². The van der Waals surface area contributed by atoms with Gasteiger partial charge in [-0.05, 0) is 49.0 Å². The predicted molar refractivity (Wildman–Crippen MR) is 124 cm³/mol. The van der Waals surface area contributed by atoms with Gasteiger partial charge in [-0.3, -0.25) is 4.99 Å². The molecule has 1 N–H and O–H groups in total. The minimum Gasteiger partial charge on any atom is -0.492 e. The fourth-order valence-corrected chi connectivity index (χ4v) is 3.41. The van der Waals surface area contributed by atoms with Crippen molar-refractivity contribution in [2.45, 2.75) is 6.54 Å². The Morgan fingerprint density at radius 3 is 2.63 bits per heavy atom. The molecule has 0 atom stereocenters. The molecule has 1 fully saturated rings. The standard InChI is InChI=1S/C22H31ClN6O/c1-24-22(28(3)14-15-30-20-6-4-19(23)5-7-20)26-17-18-8-9-25-21(16-18)29-12-10-27(2)11-13-29/h4-9,16H,10-15,17H2,1-3H3,(H,24,26). The van der Waals surface area contributed by atoms with Crippen molar-refractivity contribution < 1.29 is 4.74 Å². The molecule has 0 unspecified atom stereocenters. The average Bonchev–Trinajstić information content (AvgIpc) is 2.76. The highest BCUT2D eigenvalue weighted by molar-refractivity contribution is 6.30. The fourth-order valence-electron chi connectivity index (χ4n) is 3.28. The van der Waals surface area contributed by atoms with Gasteiger partial charge >= 0.3 is 0 Å². The van der Waals surface area contributed by atoms with Gasteiger partial charge in [-0.2, -0.15) is 0 Å². The van der Waals surface area contributed by atoms with Crippen LogP contribution in [0, 0.1) is 0 Å². The van der Waals surface area contributed by atoms with E-state index in [2.05, 4.69) is 43.1 Å². The summed E-state index contributed by atoms with van der Waals surface area (Å²) in [6.45, 7) is 6.13. The zero-order valence-electron chi connectivity index (χ0n) is 18.0. The Morgan fingerprint density at radius 2 is 1.93 bits per heavy atom.